The molecule has 0 bridgehead atoms. The molecule has 3 amide bonds. The fourth-order valence-electron chi connectivity index (χ4n) is 8.91. The number of carbonyl (C=O) groups excluding carboxylic acids is 2. The number of amides is 3. The highest BCUT2D eigenvalue weighted by molar-refractivity contribution is 6.74. The molecular formula is C48H74N6O4Si. The number of benzene rings is 2. The van der Waals surface area contributed by atoms with Crippen LogP contribution in [0.4, 0.5) is 9.59 Å². The van der Waals surface area contributed by atoms with E-state index in [1.807, 2.05) is 37.8 Å². The van der Waals surface area contributed by atoms with Gasteiger partial charge in [0.05, 0.1) is 17.8 Å². The Labute approximate surface area is 356 Å². The number of likely N-dealkylation sites (tertiary alicyclic amines) is 3. The van der Waals surface area contributed by atoms with Crippen molar-refractivity contribution in [1.29, 1.82) is 0 Å². The maximum atomic E-state index is 15.6. The van der Waals surface area contributed by atoms with Gasteiger partial charge < -0.3 is 33.3 Å². The summed E-state index contributed by atoms with van der Waals surface area (Å²) >= 11 is 0. The molecule has 4 heterocycles. The predicted molar refractivity (Wildman–Crippen MR) is 241 cm³/mol. The largest absolute Gasteiger partial charge is 0.444 e. The summed E-state index contributed by atoms with van der Waals surface area (Å²) in [5.41, 5.74) is 2.06. The van der Waals surface area contributed by atoms with Crippen LogP contribution in [0.3, 0.4) is 0 Å². The van der Waals surface area contributed by atoms with Gasteiger partial charge in [0.2, 0.25) is 0 Å². The zero-order valence-electron chi connectivity index (χ0n) is 38.2. The molecule has 3 saturated heterocycles. The van der Waals surface area contributed by atoms with E-state index in [2.05, 4.69) is 129 Å². The van der Waals surface area contributed by atoms with Crippen LogP contribution in [-0.4, -0.2) is 113 Å². The second-order valence-electron chi connectivity index (χ2n) is 21.0. The molecular weight excluding hydrogens is 753 g/mol. The van der Waals surface area contributed by atoms with Crippen molar-refractivity contribution in [3.05, 3.63) is 78.2 Å². The molecule has 2 aromatic carbocycles. The van der Waals surface area contributed by atoms with Gasteiger partial charge >= 0.3 is 12.1 Å². The van der Waals surface area contributed by atoms with E-state index >= 15 is 4.79 Å². The van der Waals surface area contributed by atoms with Gasteiger partial charge in [0, 0.05) is 63.0 Å². The van der Waals surface area contributed by atoms with Crippen molar-refractivity contribution >= 4 is 20.4 Å². The number of carbonyl (C=O) groups is 2. The summed E-state index contributed by atoms with van der Waals surface area (Å²) < 4.78 is 15.5. The number of imidazole rings is 1. The monoisotopic (exact) mass is 827 g/mol. The Hall–Kier alpha value is -3.67. The Morgan fingerprint density at radius 3 is 2.00 bits per heavy atom. The summed E-state index contributed by atoms with van der Waals surface area (Å²) in [7, 11) is -2.29. The average Bonchev–Trinajstić information content (AvgIpc) is 3.77. The molecule has 11 heteroatoms. The Morgan fingerprint density at radius 2 is 1.42 bits per heavy atom. The van der Waals surface area contributed by atoms with E-state index in [4.69, 9.17) is 14.1 Å². The third-order valence-electron chi connectivity index (χ3n) is 13.1. The summed E-state index contributed by atoms with van der Waals surface area (Å²) in [5.74, 6) is 0.725. The molecule has 10 nitrogen and oxygen atoms in total. The second-order valence-corrected chi connectivity index (χ2v) is 25.8. The van der Waals surface area contributed by atoms with Crippen LogP contribution in [-0.2, 0) is 15.7 Å². The van der Waals surface area contributed by atoms with Crippen LogP contribution in [0.1, 0.15) is 112 Å². The molecule has 3 aromatic rings. The lowest BCUT2D eigenvalue weighted by Gasteiger charge is -2.46. The van der Waals surface area contributed by atoms with Crippen LogP contribution in [0.25, 0.3) is 11.3 Å². The highest BCUT2D eigenvalue weighted by Crippen LogP contribution is 2.43. The molecule has 0 aliphatic carbocycles. The number of aromatic nitrogens is 2. The van der Waals surface area contributed by atoms with Crippen molar-refractivity contribution in [3.63, 3.8) is 0 Å². The molecule has 0 saturated carbocycles. The molecule has 1 aromatic heterocycles. The molecule has 59 heavy (non-hydrogen) atoms. The van der Waals surface area contributed by atoms with Gasteiger partial charge in [-0.3, -0.25) is 0 Å². The minimum Gasteiger partial charge on any atom is -0.444 e. The number of ether oxygens (including phenoxy) is 1. The van der Waals surface area contributed by atoms with Crippen molar-refractivity contribution in [2.45, 2.75) is 143 Å². The maximum absolute atomic E-state index is 15.6. The van der Waals surface area contributed by atoms with Gasteiger partial charge in [0.15, 0.2) is 8.32 Å². The maximum Gasteiger partial charge on any atom is 0.410 e. The van der Waals surface area contributed by atoms with E-state index < -0.39 is 19.3 Å². The topological polar surface area (TPSA) is 83.4 Å². The van der Waals surface area contributed by atoms with E-state index in [1.165, 1.54) is 24.8 Å². The Balaban J connectivity index is 1.43. The Bertz CT molecular complexity index is 1830. The molecule has 3 aliphatic heterocycles. The summed E-state index contributed by atoms with van der Waals surface area (Å²) in [4.78, 5) is 43.5. The number of hydrogen-bond donors (Lipinski definition) is 0. The Morgan fingerprint density at radius 1 is 0.814 bits per heavy atom. The highest BCUT2D eigenvalue weighted by atomic mass is 28.4. The number of nitrogens with zero attached hydrogens (tertiary/aromatic N) is 6. The summed E-state index contributed by atoms with van der Waals surface area (Å²) in [5, 5.41) is -0.0327. The van der Waals surface area contributed by atoms with Crippen LogP contribution >= 0.6 is 0 Å². The van der Waals surface area contributed by atoms with Gasteiger partial charge in [-0.2, -0.15) is 0 Å². The first-order chi connectivity index (χ1) is 27.7. The third kappa shape index (κ3) is 11.2. The first kappa shape index (κ1) is 44.9. The molecule has 0 N–H and O–H groups in total. The second kappa shape index (κ2) is 18.1. The highest BCUT2D eigenvalue weighted by Gasteiger charge is 2.48. The average molecular weight is 827 g/mol. The van der Waals surface area contributed by atoms with Gasteiger partial charge in [0.25, 0.3) is 0 Å². The minimum absolute atomic E-state index is 0.0327. The van der Waals surface area contributed by atoms with Crippen LogP contribution in [0.5, 0.6) is 0 Å². The first-order valence-electron chi connectivity index (χ1n) is 22.3. The van der Waals surface area contributed by atoms with Gasteiger partial charge in [-0.25, -0.2) is 14.6 Å². The van der Waals surface area contributed by atoms with Crippen LogP contribution in [0.2, 0.25) is 18.1 Å². The number of piperidine rings is 2. The zero-order chi connectivity index (χ0) is 42.8. The van der Waals surface area contributed by atoms with E-state index in [1.54, 1.807) is 0 Å². The number of urea groups is 1. The first-order valence-corrected chi connectivity index (χ1v) is 25.2. The molecule has 3 atom stereocenters. The molecule has 0 spiro atoms. The molecule has 324 valence electrons. The van der Waals surface area contributed by atoms with Crippen molar-refractivity contribution in [3.8, 4) is 11.3 Å². The molecule has 3 fully saturated rings. The van der Waals surface area contributed by atoms with Crippen molar-refractivity contribution < 1.29 is 18.8 Å². The van der Waals surface area contributed by atoms with E-state index in [9.17, 15) is 4.79 Å². The van der Waals surface area contributed by atoms with Gasteiger partial charge in [0.1, 0.15) is 11.4 Å². The number of hydrogen-bond acceptors (Lipinski definition) is 6. The fraction of sp³-hybridized carbons (Fsp3) is 0.646. The number of rotatable bonds is 10. The van der Waals surface area contributed by atoms with Crippen LogP contribution in [0, 0.1) is 11.3 Å². The standard InChI is InChI=1S/C48H74N6O4Si/c1-46(2,3)42(43-49-40(37-23-17-13-18-24-37)34-52(43)31-36-21-15-12-16-22-36)54(44(55)51-29-25-39(26-30-51)50-27-19-14-20-28-50)33-38-32-53(45(56)57-47(4,5)6)35-41(38)58-59(10,11)48(7,8)9/h12-13,15-18,21-24,34,38-39,41-42H,14,19-20,25-33,35H2,1-11H3/t38-,41+,42+/m1/s1. The van der Waals surface area contributed by atoms with Gasteiger partial charge in [-0.15, -0.1) is 0 Å². The van der Waals surface area contributed by atoms with Crippen molar-refractivity contribution in [1.82, 2.24) is 29.2 Å². The van der Waals surface area contributed by atoms with E-state index in [-0.39, 0.29) is 35.2 Å². The predicted octanol–water partition coefficient (Wildman–Crippen LogP) is 10.3. The SMILES string of the molecule is CC(C)(C)OC(=O)N1C[C@H](CN(C(=O)N2CCC(N3CCCCC3)CC2)[C@@H](c2nc(-c3ccccc3)cn2Cc2ccccc2)C(C)(C)C)[C@@H](O[Si](C)(C)C(C)(C)C)C1. The fourth-order valence-corrected chi connectivity index (χ4v) is 10.3. The third-order valence-corrected chi connectivity index (χ3v) is 17.6. The Kier molecular flexibility index (Phi) is 13.8. The lowest BCUT2D eigenvalue weighted by Crippen LogP contribution is -2.55. The lowest BCUT2D eigenvalue weighted by molar-refractivity contribution is 0.0270. The van der Waals surface area contributed by atoms with E-state index in [0.717, 1.165) is 56.1 Å². The van der Waals surface area contributed by atoms with Crippen molar-refractivity contribution in [2.75, 3.05) is 45.8 Å². The van der Waals surface area contributed by atoms with Crippen LogP contribution < -0.4 is 0 Å². The molecule has 0 radical (unpaired) electrons. The van der Waals surface area contributed by atoms with Gasteiger partial charge in [-0.05, 0) is 88.7 Å². The lowest BCUT2D eigenvalue weighted by atomic mass is 9.84. The molecule has 3 aliphatic rings. The molecule has 0 unspecified atom stereocenters. The quantitative estimate of drug-likeness (QED) is 0.189. The minimum atomic E-state index is -2.29. The smallest absolute Gasteiger partial charge is 0.410 e. The summed E-state index contributed by atoms with van der Waals surface area (Å²) in [6.07, 6.45) is 7.37. The zero-order valence-corrected chi connectivity index (χ0v) is 39.2. The molecule has 6 rings (SSSR count). The van der Waals surface area contributed by atoms with E-state index in [0.29, 0.717) is 32.2 Å². The van der Waals surface area contributed by atoms with Crippen LogP contribution in [0.15, 0.2) is 66.9 Å². The van der Waals surface area contributed by atoms with Crippen molar-refractivity contribution in [2.24, 2.45) is 11.3 Å². The summed E-state index contributed by atoms with van der Waals surface area (Å²) in [6, 6.07) is 21.0. The normalized spacial score (nSPS) is 20.8. The summed E-state index contributed by atoms with van der Waals surface area (Å²) in [6.45, 7) is 29.4. The van der Waals surface area contributed by atoms with Gasteiger partial charge in [-0.1, -0.05) is 109 Å².